The van der Waals surface area contributed by atoms with E-state index in [4.69, 9.17) is 9.47 Å². The number of alkyl carbamates (subject to hydrolysis) is 1. The van der Waals surface area contributed by atoms with E-state index >= 15 is 0 Å². The lowest BCUT2D eigenvalue weighted by Gasteiger charge is -2.39. The molecule has 1 aliphatic heterocycles. The van der Waals surface area contributed by atoms with Crippen molar-refractivity contribution in [3.63, 3.8) is 0 Å². The minimum atomic E-state index is -0.875. The lowest BCUT2D eigenvalue weighted by molar-refractivity contribution is -0.156. The predicted molar refractivity (Wildman–Crippen MR) is 130 cm³/mol. The highest BCUT2D eigenvalue weighted by Gasteiger charge is 2.42. The van der Waals surface area contributed by atoms with Crippen LogP contribution in [0.4, 0.5) is 4.79 Å². The van der Waals surface area contributed by atoms with Gasteiger partial charge in [-0.25, -0.2) is 4.79 Å². The summed E-state index contributed by atoms with van der Waals surface area (Å²) in [6, 6.07) is 16.3. The van der Waals surface area contributed by atoms with Crippen molar-refractivity contribution in [2.75, 3.05) is 39.5 Å². The second-order valence-electron chi connectivity index (χ2n) is 9.16. The van der Waals surface area contributed by atoms with Crippen molar-refractivity contribution in [1.82, 2.24) is 10.2 Å². The van der Waals surface area contributed by atoms with Gasteiger partial charge in [-0.2, -0.15) is 0 Å². The van der Waals surface area contributed by atoms with E-state index in [2.05, 4.69) is 29.6 Å². The average Bonchev–Trinajstić information content (AvgIpc) is 3.20. The van der Waals surface area contributed by atoms with Crippen LogP contribution in [0.2, 0.25) is 0 Å². The molecule has 0 saturated carbocycles. The van der Waals surface area contributed by atoms with Crippen molar-refractivity contribution in [1.29, 1.82) is 0 Å². The number of aliphatic carboxylic acids is 1. The smallest absolute Gasteiger partial charge is 0.407 e. The maximum Gasteiger partial charge on any atom is 0.407 e. The Morgan fingerprint density at radius 3 is 2.37 bits per heavy atom. The second kappa shape index (κ2) is 10.9. The first-order valence-electron chi connectivity index (χ1n) is 12.1. The Morgan fingerprint density at radius 2 is 1.74 bits per heavy atom. The number of piperidine rings is 1. The summed E-state index contributed by atoms with van der Waals surface area (Å²) in [6.07, 6.45) is 1.19. The highest BCUT2D eigenvalue weighted by atomic mass is 16.5. The predicted octanol–water partition coefficient (Wildman–Crippen LogP) is 3.65. The molecule has 1 saturated heterocycles. The fourth-order valence-corrected chi connectivity index (χ4v) is 5.08. The van der Waals surface area contributed by atoms with Crippen LogP contribution in [0.1, 0.15) is 43.2 Å². The molecule has 2 aromatic carbocycles. The summed E-state index contributed by atoms with van der Waals surface area (Å²) in [5.41, 5.74) is 3.76. The van der Waals surface area contributed by atoms with Crippen LogP contribution in [0.25, 0.3) is 11.1 Å². The fraction of sp³-hybridized carbons (Fsp3) is 0.444. The SMILES string of the molecule is CCC1(C(=O)O)CCCN(C(=O)COCCNC(=O)OCC2c3ccccc3-c3ccccc32)C1. The van der Waals surface area contributed by atoms with E-state index in [0.29, 0.717) is 25.8 Å². The molecule has 0 bridgehead atoms. The Bertz CT molecular complexity index is 1040. The number of nitrogens with zero attached hydrogens (tertiary/aromatic N) is 1. The number of ether oxygens (including phenoxy) is 2. The number of hydrogen-bond acceptors (Lipinski definition) is 5. The average molecular weight is 481 g/mol. The van der Waals surface area contributed by atoms with Gasteiger partial charge >= 0.3 is 12.1 Å². The van der Waals surface area contributed by atoms with Gasteiger partial charge in [-0.05, 0) is 41.5 Å². The number of rotatable bonds is 9. The Hall–Kier alpha value is -3.39. The Morgan fingerprint density at radius 1 is 1.09 bits per heavy atom. The summed E-state index contributed by atoms with van der Waals surface area (Å²) in [6.45, 7) is 3.03. The first-order valence-corrected chi connectivity index (χ1v) is 12.1. The molecule has 35 heavy (non-hydrogen) atoms. The number of benzene rings is 2. The normalized spacial score (nSPS) is 19.1. The molecule has 2 amide bonds. The number of hydrogen-bond donors (Lipinski definition) is 2. The zero-order valence-electron chi connectivity index (χ0n) is 20.0. The molecule has 2 aliphatic rings. The van der Waals surface area contributed by atoms with Gasteiger partial charge < -0.3 is 24.8 Å². The molecule has 1 aliphatic carbocycles. The van der Waals surface area contributed by atoms with E-state index < -0.39 is 17.5 Å². The van der Waals surface area contributed by atoms with E-state index in [9.17, 15) is 19.5 Å². The number of amides is 2. The fourth-order valence-electron chi connectivity index (χ4n) is 5.08. The van der Waals surface area contributed by atoms with Crippen molar-refractivity contribution in [3.8, 4) is 11.1 Å². The molecule has 1 unspecified atom stereocenters. The molecule has 0 spiro atoms. The summed E-state index contributed by atoms with van der Waals surface area (Å²) < 4.78 is 10.9. The van der Waals surface area contributed by atoms with Crippen LogP contribution in [-0.4, -0.2) is 67.4 Å². The van der Waals surface area contributed by atoms with Crippen molar-refractivity contribution < 1.29 is 29.0 Å². The third-order valence-electron chi connectivity index (χ3n) is 7.14. The van der Waals surface area contributed by atoms with E-state index in [0.717, 1.165) is 11.1 Å². The number of carbonyl (C=O) groups is 3. The first-order chi connectivity index (χ1) is 16.9. The molecular formula is C27H32N2O6. The Balaban J connectivity index is 1.18. The zero-order valence-corrected chi connectivity index (χ0v) is 20.0. The van der Waals surface area contributed by atoms with E-state index in [1.165, 1.54) is 11.1 Å². The molecule has 8 nitrogen and oxygen atoms in total. The molecular weight excluding hydrogens is 448 g/mol. The molecule has 8 heteroatoms. The third-order valence-corrected chi connectivity index (χ3v) is 7.14. The van der Waals surface area contributed by atoms with Crippen LogP contribution >= 0.6 is 0 Å². The van der Waals surface area contributed by atoms with Crippen molar-refractivity contribution in [3.05, 3.63) is 59.7 Å². The largest absolute Gasteiger partial charge is 0.481 e. The van der Waals surface area contributed by atoms with Crippen LogP contribution in [-0.2, 0) is 19.1 Å². The maximum atomic E-state index is 12.5. The van der Waals surface area contributed by atoms with Gasteiger partial charge in [0, 0.05) is 25.6 Å². The topological polar surface area (TPSA) is 105 Å². The number of carbonyl (C=O) groups excluding carboxylic acids is 2. The minimum absolute atomic E-state index is 0.00685. The quantitative estimate of drug-likeness (QED) is 0.531. The lowest BCUT2D eigenvalue weighted by atomic mass is 9.77. The Kier molecular flexibility index (Phi) is 7.70. The van der Waals surface area contributed by atoms with Crippen LogP contribution in [0.15, 0.2) is 48.5 Å². The van der Waals surface area contributed by atoms with Gasteiger partial charge in [0.2, 0.25) is 5.91 Å². The molecule has 1 fully saturated rings. The summed E-state index contributed by atoms with van der Waals surface area (Å²) in [5.74, 6) is -1.09. The van der Waals surface area contributed by atoms with Gasteiger partial charge in [0.05, 0.1) is 12.0 Å². The van der Waals surface area contributed by atoms with Crippen LogP contribution in [0.5, 0.6) is 0 Å². The molecule has 1 heterocycles. The molecule has 4 rings (SSSR count). The number of carboxylic acid groups (broad SMARTS) is 1. The van der Waals surface area contributed by atoms with Gasteiger partial charge in [-0.15, -0.1) is 0 Å². The highest BCUT2D eigenvalue weighted by molar-refractivity contribution is 5.81. The number of carboxylic acids is 1. The van der Waals surface area contributed by atoms with Gasteiger partial charge in [0.1, 0.15) is 13.2 Å². The van der Waals surface area contributed by atoms with Crippen LogP contribution in [0, 0.1) is 5.41 Å². The van der Waals surface area contributed by atoms with E-state index in [1.807, 2.05) is 31.2 Å². The van der Waals surface area contributed by atoms with E-state index in [-0.39, 0.29) is 44.7 Å². The van der Waals surface area contributed by atoms with Gasteiger partial charge in [-0.1, -0.05) is 55.5 Å². The monoisotopic (exact) mass is 480 g/mol. The zero-order chi connectivity index (χ0) is 24.8. The van der Waals surface area contributed by atoms with Crippen LogP contribution < -0.4 is 5.32 Å². The summed E-state index contributed by atoms with van der Waals surface area (Å²) in [5, 5.41) is 12.2. The molecule has 2 N–H and O–H groups in total. The molecule has 2 aromatic rings. The standard InChI is InChI=1S/C27H32N2O6/c1-2-27(25(31)32)12-7-14-29(18-27)24(30)17-34-15-13-28-26(33)35-16-23-21-10-5-3-8-19(21)20-9-4-6-11-22(20)23/h3-6,8-11,23H,2,7,12-18H2,1H3,(H,28,33)(H,31,32). The summed E-state index contributed by atoms with van der Waals surface area (Å²) >= 11 is 0. The molecule has 1 atom stereocenters. The number of likely N-dealkylation sites (tertiary alicyclic amines) is 1. The first kappa shape index (κ1) is 24.7. The van der Waals surface area contributed by atoms with Crippen molar-refractivity contribution in [2.45, 2.75) is 32.1 Å². The number of fused-ring (bicyclic) bond motifs is 3. The summed E-state index contributed by atoms with van der Waals surface area (Å²) in [7, 11) is 0. The van der Waals surface area contributed by atoms with E-state index in [1.54, 1.807) is 4.90 Å². The Labute approximate surface area is 205 Å². The van der Waals surface area contributed by atoms with Gasteiger partial charge in [0.15, 0.2) is 0 Å². The van der Waals surface area contributed by atoms with Crippen molar-refractivity contribution >= 4 is 18.0 Å². The molecule has 0 aromatic heterocycles. The van der Waals surface area contributed by atoms with Gasteiger partial charge in [-0.3, -0.25) is 9.59 Å². The highest BCUT2D eigenvalue weighted by Crippen LogP contribution is 2.44. The number of nitrogens with one attached hydrogen (secondary N) is 1. The maximum absolute atomic E-state index is 12.5. The second-order valence-corrected chi connectivity index (χ2v) is 9.16. The lowest BCUT2D eigenvalue weighted by Crippen LogP contribution is -2.50. The van der Waals surface area contributed by atoms with Gasteiger partial charge in [0.25, 0.3) is 0 Å². The molecule has 0 radical (unpaired) electrons. The van der Waals surface area contributed by atoms with Crippen LogP contribution in [0.3, 0.4) is 0 Å². The third kappa shape index (κ3) is 5.32. The minimum Gasteiger partial charge on any atom is -0.481 e. The summed E-state index contributed by atoms with van der Waals surface area (Å²) in [4.78, 5) is 37.9. The molecule has 186 valence electrons. The van der Waals surface area contributed by atoms with Crippen molar-refractivity contribution in [2.24, 2.45) is 5.41 Å².